The SMILES string of the molecule is [Cu+2].c1ccc2c(c1)Oc1cc3c(cc1S2)-c1nc-3nc2[n-]c(nc3nc(nc4[n-]c(n1)c1cc5c(cc41)Sc1ccccc1O5)-c1cc4c(cc1-3)Sc1ccccc1O4)c1cc3c(cc21)Sc1ccccc1O3. The second-order valence-electron chi connectivity index (χ2n) is 17.5. The molecule has 73 heavy (non-hydrogen) atoms. The number of nitrogens with zero attached hydrogens (tertiary/aromatic N) is 8. The Balaban J connectivity index is 0.00000456. The number of hydrogen-bond acceptors (Lipinski definition) is 14. The summed E-state index contributed by atoms with van der Waals surface area (Å²) in [6.07, 6.45) is 0. The molecule has 6 aliphatic heterocycles. The Morgan fingerprint density at radius 2 is 0.548 bits per heavy atom. The number of para-hydroxylation sites is 4. The molecule has 0 atom stereocenters. The molecule has 0 saturated carbocycles. The van der Waals surface area contributed by atoms with Crippen LogP contribution < -0.4 is 28.9 Å². The molecule has 6 aliphatic rings. The van der Waals surface area contributed by atoms with E-state index in [1.807, 2.05) is 97.1 Å². The molecule has 0 spiro atoms. The van der Waals surface area contributed by atoms with Gasteiger partial charge < -0.3 is 48.9 Å². The fraction of sp³-hybridized carbons (Fsp3) is 0. The van der Waals surface area contributed by atoms with Crippen LogP contribution in [0.5, 0.6) is 46.0 Å². The van der Waals surface area contributed by atoms with Crippen LogP contribution >= 0.6 is 47.0 Å². The van der Waals surface area contributed by atoms with E-state index >= 15 is 0 Å². The molecule has 11 aromatic rings. The number of ether oxygens (including phenoxy) is 4. The first-order chi connectivity index (χ1) is 35.5. The predicted octanol–water partition coefficient (Wildman–Crippen LogP) is 15.2. The van der Waals surface area contributed by atoms with Crippen LogP contribution in [0, 0.1) is 0 Å². The molecule has 0 unspecified atom stereocenters. The van der Waals surface area contributed by atoms with Gasteiger partial charge in [-0.05, 0) is 119 Å². The van der Waals surface area contributed by atoms with Gasteiger partial charge in [0, 0.05) is 44.8 Å². The zero-order valence-electron chi connectivity index (χ0n) is 37.0. The minimum atomic E-state index is 0. The summed E-state index contributed by atoms with van der Waals surface area (Å²) in [6, 6.07) is 48.4. The average Bonchev–Trinajstić information content (AvgIpc) is 4.13. The number of hydrogen-bond donors (Lipinski definition) is 0. The molecule has 8 aromatic carbocycles. The third-order valence-corrected chi connectivity index (χ3v) is 17.5. The molecule has 3 aromatic heterocycles. The van der Waals surface area contributed by atoms with E-state index < -0.39 is 0 Å². The van der Waals surface area contributed by atoms with Crippen molar-refractivity contribution < 1.29 is 36.0 Å². The molecule has 347 valence electrons. The minimum Gasteiger partial charge on any atom is -0.455 e. The van der Waals surface area contributed by atoms with E-state index in [-0.39, 0.29) is 17.1 Å². The normalized spacial score (nSPS) is 13.6. The van der Waals surface area contributed by atoms with E-state index in [2.05, 4.69) is 48.5 Å². The summed E-state index contributed by atoms with van der Waals surface area (Å²) in [5.74, 6) is 7.63. The van der Waals surface area contributed by atoms with Gasteiger partial charge in [0.2, 0.25) is 0 Å². The Kier molecular flexibility index (Phi) is 8.95. The number of rotatable bonds is 0. The second-order valence-corrected chi connectivity index (χ2v) is 21.8. The number of fused-ring (bicyclic) bond motifs is 28. The van der Waals surface area contributed by atoms with Gasteiger partial charge in [-0.3, -0.25) is 0 Å². The van der Waals surface area contributed by atoms with Crippen molar-refractivity contribution in [3.05, 3.63) is 146 Å². The number of benzene rings is 8. The van der Waals surface area contributed by atoms with Crippen molar-refractivity contribution >= 4 is 91.2 Å². The first-order valence-electron chi connectivity index (χ1n) is 22.8. The van der Waals surface area contributed by atoms with Gasteiger partial charge in [0.15, 0.2) is 0 Å². The van der Waals surface area contributed by atoms with Gasteiger partial charge >= 0.3 is 17.1 Å². The van der Waals surface area contributed by atoms with Crippen molar-refractivity contribution in [1.29, 1.82) is 0 Å². The van der Waals surface area contributed by atoms with E-state index in [4.69, 9.17) is 58.8 Å². The monoisotopic (exact) mass is 1060 g/mol. The summed E-state index contributed by atoms with van der Waals surface area (Å²) in [5.41, 5.74) is 4.73. The van der Waals surface area contributed by atoms with Crippen LogP contribution in [0.3, 0.4) is 0 Å². The van der Waals surface area contributed by atoms with Gasteiger partial charge in [-0.1, -0.05) is 95.6 Å². The Hall–Kier alpha value is -7.76. The van der Waals surface area contributed by atoms with Crippen molar-refractivity contribution in [1.82, 2.24) is 39.9 Å². The average molecular weight is 1060 g/mol. The fourth-order valence-corrected chi connectivity index (χ4v) is 13.6. The summed E-state index contributed by atoms with van der Waals surface area (Å²) in [6.45, 7) is 0. The van der Waals surface area contributed by atoms with Crippen molar-refractivity contribution in [2.75, 3.05) is 0 Å². The van der Waals surface area contributed by atoms with Crippen LogP contribution in [0.25, 0.3) is 89.7 Å². The summed E-state index contributed by atoms with van der Waals surface area (Å²) in [7, 11) is 0. The van der Waals surface area contributed by atoms with Gasteiger partial charge in [0.1, 0.15) is 46.0 Å². The van der Waals surface area contributed by atoms with Crippen LogP contribution in [0.15, 0.2) is 185 Å². The molecule has 9 heterocycles. The maximum atomic E-state index is 6.55. The van der Waals surface area contributed by atoms with Gasteiger partial charge in [-0.25, -0.2) is 9.97 Å². The van der Waals surface area contributed by atoms with E-state index in [1.54, 1.807) is 47.0 Å². The molecule has 0 N–H and O–H groups in total. The first kappa shape index (κ1) is 41.8. The zero-order chi connectivity index (χ0) is 46.8. The summed E-state index contributed by atoms with van der Waals surface area (Å²) >= 11 is 6.56. The molecule has 0 amide bonds. The van der Waals surface area contributed by atoms with Crippen molar-refractivity contribution in [2.45, 2.75) is 39.2 Å². The van der Waals surface area contributed by atoms with Crippen molar-refractivity contribution in [3.63, 3.8) is 0 Å². The molecular weight excluding hydrogens is 1040 g/mol. The smallest absolute Gasteiger partial charge is 0.455 e. The van der Waals surface area contributed by atoms with Gasteiger partial charge in [0.25, 0.3) is 0 Å². The molecule has 1 radical (unpaired) electrons. The maximum Gasteiger partial charge on any atom is 2.00 e. The maximum absolute atomic E-state index is 6.55. The third-order valence-electron chi connectivity index (χ3n) is 13.1. The fourth-order valence-electron chi connectivity index (χ4n) is 9.75. The van der Waals surface area contributed by atoms with Gasteiger partial charge in [-0.15, -0.1) is 0 Å². The molecule has 17 rings (SSSR count). The topological polar surface area (TPSA) is 142 Å². The third kappa shape index (κ3) is 6.46. The quantitative estimate of drug-likeness (QED) is 0.133. The van der Waals surface area contributed by atoms with E-state index in [9.17, 15) is 0 Å². The van der Waals surface area contributed by atoms with Crippen LogP contribution in [-0.2, 0) is 17.1 Å². The molecular formula is C56H24CuN8O4S4. The van der Waals surface area contributed by atoms with Crippen LogP contribution in [0.1, 0.15) is 0 Å². The zero-order valence-corrected chi connectivity index (χ0v) is 41.2. The Morgan fingerprint density at radius 1 is 0.274 bits per heavy atom. The summed E-state index contributed by atoms with van der Waals surface area (Å²) < 4.78 is 26.2. The van der Waals surface area contributed by atoms with E-state index in [0.29, 0.717) is 68.9 Å². The largest absolute Gasteiger partial charge is 2.00 e. The van der Waals surface area contributed by atoms with Gasteiger partial charge in [-0.2, -0.15) is 0 Å². The van der Waals surface area contributed by atoms with E-state index in [0.717, 1.165) is 106 Å². The molecule has 0 aliphatic carbocycles. The molecule has 12 nitrogen and oxygen atoms in total. The van der Waals surface area contributed by atoms with Crippen LogP contribution in [0.2, 0.25) is 0 Å². The summed E-state index contributed by atoms with van der Waals surface area (Å²) in [4.78, 5) is 50.1. The standard InChI is InChI=1S/C56H24N8O4S4.Cu/c1-5-13-41-33(9-1)65-37-17-25-29(21-45(37)69-41)53-57-49(25)61-54-30-22-46-38(66-34-10-2-6-14-42(34)70-46)18-26(30)51(58-54)63-56-32-24-48-40(68-36-12-4-8-16-44(36)72-48)20-28(32)52(60-56)64-55-31-23-47-39(19-27(31)50(59-55)62-53)67-35-11-3-7-15-43(35)71-47;/h1-24H;/q-2;+2. The van der Waals surface area contributed by atoms with Crippen LogP contribution in [0.4, 0.5) is 0 Å². The minimum absolute atomic E-state index is 0. The first-order valence-corrected chi connectivity index (χ1v) is 26.0. The second kappa shape index (κ2) is 15.6. The predicted molar refractivity (Wildman–Crippen MR) is 277 cm³/mol. The van der Waals surface area contributed by atoms with Gasteiger partial charge in [0.05, 0.1) is 62.5 Å². The number of aromatic nitrogens is 8. The van der Waals surface area contributed by atoms with Crippen LogP contribution in [-0.4, -0.2) is 29.9 Å². The van der Waals surface area contributed by atoms with Crippen molar-refractivity contribution in [3.8, 4) is 91.5 Å². The molecule has 0 fully saturated rings. The molecule has 0 saturated heterocycles. The van der Waals surface area contributed by atoms with E-state index in [1.165, 1.54) is 0 Å². The Morgan fingerprint density at radius 3 is 0.890 bits per heavy atom. The Bertz CT molecular complexity index is 3970. The van der Waals surface area contributed by atoms with Crippen molar-refractivity contribution in [2.24, 2.45) is 0 Å². The molecule has 8 bridgehead atoms. The summed E-state index contributed by atoms with van der Waals surface area (Å²) in [5, 5.41) is 3.03. The Labute approximate surface area is 440 Å². The molecule has 17 heteroatoms.